The van der Waals surface area contributed by atoms with Crippen LogP contribution in [0.1, 0.15) is 19.4 Å². The molecule has 2 aromatic carbocycles. The molecule has 0 saturated carbocycles. The zero-order valence-electron chi connectivity index (χ0n) is 21.0. The number of ether oxygens (including phenoxy) is 2. The molecule has 0 aliphatic carbocycles. The Morgan fingerprint density at radius 1 is 1.16 bits per heavy atom. The minimum atomic E-state index is -0.532. The van der Waals surface area contributed by atoms with Gasteiger partial charge in [-0.25, -0.2) is 5.43 Å². The molecule has 1 saturated heterocycles. The zero-order valence-corrected chi connectivity index (χ0v) is 21.0. The molecule has 37 heavy (non-hydrogen) atoms. The van der Waals surface area contributed by atoms with Crippen molar-refractivity contribution in [3.63, 3.8) is 0 Å². The van der Waals surface area contributed by atoms with Crippen molar-refractivity contribution in [2.45, 2.75) is 13.8 Å². The van der Waals surface area contributed by atoms with Crippen LogP contribution in [0.5, 0.6) is 5.75 Å². The number of amides is 2. The summed E-state index contributed by atoms with van der Waals surface area (Å²) in [6.07, 6.45) is 1.47. The number of rotatable bonds is 12. The highest BCUT2D eigenvalue weighted by molar-refractivity contribution is 5.92. The lowest BCUT2D eigenvalue weighted by Crippen LogP contribution is -2.42. The monoisotopic (exact) mass is 512 g/mol. The molecule has 0 spiro atoms. The summed E-state index contributed by atoms with van der Waals surface area (Å²) in [6, 6.07) is 11.2. The summed E-state index contributed by atoms with van der Waals surface area (Å²) in [4.78, 5) is 39.3. The molecule has 12 heteroatoms. The molecule has 0 aromatic heterocycles. The number of benzene rings is 2. The van der Waals surface area contributed by atoms with E-state index < -0.39 is 10.8 Å². The Balaban J connectivity index is 1.66. The molecule has 0 radical (unpaired) electrons. The van der Waals surface area contributed by atoms with E-state index in [0.717, 1.165) is 18.8 Å². The van der Waals surface area contributed by atoms with Crippen LogP contribution in [0.25, 0.3) is 0 Å². The number of nitro groups is 1. The first-order valence-corrected chi connectivity index (χ1v) is 12.1. The Morgan fingerprint density at radius 2 is 1.92 bits per heavy atom. The number of nitro benzene ring substituents is 1. The molecule has 1 heterocycles. The van der Waals surface area contributed by atoms with Crippen LogP contribution < -0.4 is 20.4 Å². The number of hydrogen-bond acceptors (Lipinski definition) is 9. The number of nitrogens with one attached hydrogen (secondary N) is 2. The Kier molecular flexibility index (Phi) is 10.4. The molecule has 3 rings (SSSR count). The van der Waals surface area contributed by atoms with Gasteiger partial charge in [0.15, 0.2) is 6.61 Å². The lowest BCUT2D eigenvalue weighted by Gasteiger charge is -2.25. The van der Waals surface area contributed by atoms with Crippen molar-refractivity contribution in [1.82, 2.24) is 10.3 Å². The molecule has 0 atom stereocenters. The minimum Gasteiger partial charge on any atom is -0.483 e. The average Bonchev–Trinajstić information content (AvgIpc) is 2.89. The number of anilines is 2. The van der Waals surface area contributed by atoms with E-state index in [1.54, 1.807) is 12.1 Å². The fraction of sp³-hybridized carbons (Fsp3) is 0.400. The Hall–Kier alpha value is -4.03. The third-order valence-electron chi connectivity index (χ3n) is 5.69. The molecule has 0 bridgehead atoms. The van der Waals surface area contributed by atoms with E-state index in [0.29, 0.717) is 43.3 Å². The maximum atomic E-state index is 12.5. The van der Waals surface area contributed by atoms with E-state index in [2.05, 4.69) is 20.7 Å². The molecule has 0 unspecified atom stereocenters. The van der Waals surface area contributed by atoms with Crippen molar-refractivity contribution in [1.29, 1.82) is 0 Å². The lowest BCUT2D eigenvalue weighted by molar-refractivity contribution is -0.384. The first kappa shape index (κ1) is 27.6. The number of hydrazone groups is 1. The topological polar surface area (TPSA) is 139 Å². The molecular formula is C25H32N6O6. The zero-order chi connectivity index (χ0) is 26.6. The Morgan fingerprint density at radius 3 is 2.62 bits per heavy atom. The summed E-state index contributed by atoms with van der Waals surface area (Å²) in [7, 11) is 0. The predicted octanol–water partition coefficient (Wildman–Crippen LogP) is 2.24. The normalized spacial score (nSPS) is 13.8. The van der Waals surface area contributed by atoms with E-state index in [-0.39, 0.29) is 24.7 Å². The summed E-state index contributed by atoms with van der Waals surface area (Å²) in [5.74, 6) is -0.308. The fourth-order valence-corrected chi connectivity index (χ4v) is 3.75. The average molecular weight is 513 g/mol. The van der Waals surface area contributed by atoms with Crippen molar-refractivity contribution in [3.8, 4) is 5.75 Å². The molecule has 1 fully saturated rings. The maximum Gasteiger partial charge on any atom is 0.271 e. The molecule has 2 aromatic rings. The molecular weight excluding hydrogens is 480 g/mol. The van der Waals surface area contributed by atoms with Crippen LogP contribution in [-0.2, 0) is 14.3 Å². The van der Waals surface area contributed by atoms with Gasteiger partial charge in [0.25, 0.3) is 17.5 Å². The van der Waals surface area contributed by atoms with Gasteiger partial charge in [-0.1, -0.05) is 6.07 Å². The van der Waals surface area contributed by atoms with E-state index in [1.165, 1.54) is 24.4 Å². The SMILES string of the molecule is CCN(CC)c1ccc(/C=N\NC(=O)CN2CCOCC2)c(OCC(=O)Nc2cccc([N+](=O)[O-])c2)c1. The van der Waals surface area contributed by atoms with Crippen molar-refractivity contribution in [2.75, 3.05) is 62.8 Å². The second-order valence-electron chi connectivity index (χ2n) is 8.22. The summed E-state index contributed by atoms with van der Waals surface area (Å²) < 4.78 is 11.1. The molecule has 2 amide bonds. The van der Waals surface area contributed by atoms with Crippen molar-refractivity contribution in [2.24, 2.45) is 5.10 Å². The summed E-state index contributed by atoms with van der Waals surface area (Å²) in [5.41, 5.74) is 4.18. The number of nitrogens with zero attached hydrogens (tertiary/aromatic N) is 4. The number of morpholine rings is 1. The number of hydrogen-bond donors (Lipinski definition) is 2. The Labute approximate surface area is 215 Å². The first-order valence-electron chi connectivity index (χ1n) is 12.1. The molecule has 198 valence electrons. The van der Waals surface area contributed by atoms with Crippen LogP contribution in [0.15, 0.2) is 47.6 Å². The van der Waals surface area contributed by atoms with Gasteiger partial charge < -0.3 is 19.7 Å². The van der Waals surface area contributed by atoms with Gasteiger partial charge in [-0.3, -0.25) is 24.6 Å². The first-order chi connectivity index (χ1) is 17.9. The van der Waals surface area contributed by atoms with E-state index in [9.17, 15) is 19.7 Å². The van der Waals surface area contributed by atoms with Crippen molar-refractivity contribution in [3.05, 3.63) is 58.1 Å². The van der Waals surface area contributed by atoms with Gasteiger partial charge in [0.2, 0.25) is 0 Å². The van der Waals surface area contributed by atoms with Gasteiger partial charge in [-0.2, -0.15) is 5.10 Å². The number of carbonyl (C=O) groups is 2. The second kappa shape index (κ2) is 13.9. The fourth-order valence-electron chi connectivity index (χ4n) is 3.75. The Bertz CT molecular complexity index is 1110. The molecule has 1 aliphatic heterocycles. The third-order valence-corrected chi connectivity index (χ3v) is 5.69. The van der Waals surface area contributed by atoms with Gasteiger partial charge in [-0.05, 0) is 32.0 Å². The lowest BCUT2D eigenvalue weighted by atomic mass is 10.1. The molecule has 2 N–H and O–H groups in total. The van der Waals surface area contributed by atoms with Gasteiger partial charge in [0, 0.05) is 61.3 Å². The van der Waals surface area contributed by atoms with Crippen molar-refractivity contribution >= 4 is 35.1 Å². The van der Waals surface area contributed by atoms with Gasteiger partial charge in [0.1, 0.15) is 5.75 Å². The largest absolute Gasteiger partial charge is 0.483 e. The number of carbonyl (C=O) groups excluding carboxylic acids is 2. The van der Waals surface area contributed by atoms with Crippen molar-refractivity contribution < 1.29 is 24.0 Å². The van der Waals surface area contributed by atoms with Gasteiger partial charge >= 0.3 is 0 Å². The summed E-state index contributed by atoms with van der Waals surface area (Å²) in [6.45, 7) is 8.14. The predicted molar refractivity (Wildman–Crippen MR) is 140 cm³/mol. The van der Waals surface area contributed by atoms with Gasteiger partial charge in [-0.15, -0.1) is 0 Å². The highest BCUT2D eigenvalue weighted by atomic mass is 16.6. The summed E-state index contributed by atoms with van der Waals surface area (Å²) in [5, 5.41) is 17.6. The van der Waals surface area contributed by atoms with Crippen LogP contribution in [0, 0.1) is 10.1 Å². The van der Waals surface area contributed by atoms with Gasteiger partial charge in [0.05, 0.1) is 30.9 Å². The van der Waals surface area contributed by atoms with Crippen LogP contribution in [0.3, 0.4) is 0 Å². The number of non-ortho nitro benzene ring substituents is 1. The standard InChI is InChI=1S/C25H32N6O6/c1-3-30(4-2)21-9-8-19(16-26-28-24(32)17-29-10-12-36-13-11-29)23(15-21)37-18-25(33)27-20-6-5-7-22(14-20)31(34)35/h5-9,14-16H,3-4,10-13,17-18H2,1-2H3,(H,27,33)(H,28,32)/b26-16-. The second-order valence-corrected chi connectivity index (χ2v) is 8.22. The summed E-state index contributed by atoms with van der Waals surface area (Å²) >= 11 is 0. The van der Waals surface area contributed by atoms with Crippen LogP contribution >= 0.6 is 0 Å². The smallest absolute Gasteiger partial charge is 0.271 e. The minimum absolute atomic E-state index is 0.125. The van der Waals surface area contributed by atoms with E-state index in [1.807, 2.05) is 30.9 Å². The quantitative estimate of drug-likeness (QED) is 0.251. The van der Waals surface area contributed by atoms with Crippen LogP contribution in [0.2, 0.25) is 0 Å². The van der Waals surface area contributed by atoms with E-state index >= 15 is 0 Å². The third kappa shape index (κ3) is 8.54. The highest BCUT2D eigenvalue weighted by Crippen LogP contribution is 2.25. The molecule has 1 aliphatic rings. The maximum absolute atomic E-state index is 12.5. The van der Waals surface area contributed by atoms with Crippen LogP contribution in [0.4, 0.5) is 17.1 Å². The van der Waals surface area contributed by atoms with Crippen LogP contribution in [-0.4, -0.2) is 80.4 Å². The van der Waals surface area contributed by atoms with E-state index in [4.69, 9.17) is 9.47 Å². The highest BCUT2D eigenvalue weighted by Gasteiger charge is 2.14. The molecule has 12 nitrogen and oxygen atoms in total.